The molecule has 1 aromatic heterocycles. The van der Waals surface area contributed by atoms with Crippen LogP contribution in [0, 0.1) is 10.1 Å². The quantitative estimate of drug-likeness (QED) is 0.615. The molecule has 1 fully saturated rings. The van der Waals surface area contributed by atoms with E-state index < -0.39 is 4.92 Å². The zero-order chi connectivity index (χ0) is 16.4. The van der Waals surface area contributed by atoms with Crippen LogP contribution in [0.4, 0.5) is 5.69 Å². The Kier molecular flexibility index (Phi) is 4.07. The van der Waals surface area contributed by atoms with Gasteiger partial charge in [-0.1, -0.05) is 0 Å². The van der Waals surface area contributed by atoms with Crippen LogP contribution in [0.15, 0.2) is 35.1 Å². The molecule has 1 aromatic carbocycles. The average molecular weight is 317 g/mol. The third-order valence-corrected chi connectivity index (χ3v) is 3.84. The van der Waals surface area contributed by atoms with Crippen molar-refractivity contribution in [1.82, 2.24) is 9.47 Å². The first-order valence-corrected chi connectivity index (χ1v) is 7.20. The Bertz CT molecular complexity index is 823. The predicted molar refractivity (Wildman–Crippen MR) is 82.3 cm³/mol. The van der Waals surface area contributed by atoms with Crippen molar-refractivity contribution in [3.63, 3.8) is 0 Å². The van der Waals surface area contributed by atoms with E-state index >= 15 is 0 Å². The number of nitrogens with zero attached hydrogens (tertiary/aromatic N) is 3. The molecule has 2 aromatic rings. The number of fused-ring (bicyclic) bond motifs is 1. The fourth-order valence-electron chi connectivity index (χ4n) is 2.62. The summed E-state index contributed by atoms with van der Waals surface area (Å²) in [5.74, 6) is -0.166. The minimum atomic E-state index is -0.492. The Balaban J connectivity index is 1.96. The highest BCUT2D eigenvalue weighted by molar-refractivity contribution is 5.84. The highest BCUT2D eigenvalue weighted by Gasteiger charge is 2.18. The first-order chi connectivity index (χ1) is 11.1. The summed E-state index contributed by atoms with van der Waals surface area (Å²) in [6.07, 6.45) is 0. The summed E-state index contributed by atoms with van der Waals surface area (Å²) < 4.78 is 6.55. The Hall–Kier alpha value is -2.74. The molecule has 3 rings (SSSR count). The highest BCUT2D eigenvalue weighted by atomic mass is 16.6. The van der Waals surface area contributed by atoms with Crippen LogP contribution in [-0.4, -0.2) is 46.6 Å². The topological polar surface area (TPSA) is 94.7 Å². The first-order valence-electron chi connectivity index (χ1n) is 7.20. The molecule has 0 bridgehead atoms. The molecule has 0 spiro atoms. The number of rotatable bonds is 3. The van der Waals surface area contributed by atoms with Gasteiger partial charge in [0, 0.05) is 36.7 Å². The van der Waals surface area contributed by atoms with Crippen LogP contribution >= 0.6 is 0 Å². The summed E-state index contributed by atoms with van der Waals surface area (Å²) in [5, 5.41) is 11.4. The summed E-state index contributed by atoms with van der Waals surface area (Å²) in [6, 6.07) is 7.07. The Morgan fingerprint density at radius 3 is 2.65 bits per heavy atom. The van der Waals surface area contributed by atoms with Crippen molar-refractivity contribution in [2.75, 3.05) is 26.3 Å². The van der Waals surface area contributed by atoms with Gasteiger partial charge in [0.1, 0.15) is 6.54 Å². The van der Waals surface area contributed by atoms with E-state index in [1.807, 2.05) is 0 Å². The second kappa shape index (κ2) is 6.17. The van der Waals surface area contributed by atoms with Gasteiger partial charge in [0.15, 0.2) is 0 Å². The van der Waals surface area contributed by atoms with Crippen LogP contribution < -0.4 is 5.56 Å². The van der Waals surface area contributed by atoms with Crippen molar-refractivity contribution < 1.29 is 14.5 Å². The number of nitro benzene ring substituents is 1. The Morgan fingerprint density at radius 2 is 1.96 bits per heavy atom. The number of amides is 1. The smallest absolute Gasteiger partial charge is 0.270 e. The molecule has 8 heteroatoms. The third-order valence-electron chi connectivity index (χ3n) is 3.84. The Morgan fingerprint density at radius 1 is 1.22 bits per heavy atom. The maximum atomic E-state index is 12.3. The molecule has 120 valence electrons. The van der Waals surface area contributed by atoms with Crippen LogP contribution in [0.5, 0.6) is 0 Å². The van der Waals surface area contributed by atoms with Gasteiger partial charge in [-0.2, -0.15) is 0 Å². The van der Waals surface area contributed by atoms with Crippen molar-refractivity contribution in [1.29, 1.82) is 0 Å². The summed E-state index contributed by atoms with van der Waals surface area (Å²) in [7, 11) is 0. The van der Waals surface area contributed by atoms with Crippen molar-refractivity contribution in [3.05, 3.63) is 50.8 Å². The minimum absolute atomic E-state index is 0.0535. The first kappa shape index (κ1) is 15.2. The molecular formula is C15H15N3O5. The van der Waals surface area contributed by atoms with Crippen LogP contribution in [-0.2, 0) is 16.1 Å². The maximum absolute atomic E-state index is 12.3. The lowest BCUT2D eigenvalue weighted by Crippen LogP contribution is -2.43. The monoisotopic (exact) mass is 317 g/mol. The molecular weight excluding hydrogens is 302 g/mol. The number of morpholine rings is 1. The van der Waals surface area contributed by atoms with Gasteiger partial charge in [-0.15, -0.1) is 0 Å². The van der Waals surface area contributed by atoms with Gasteiger partial charge in [-0.05, 0) is 12.1 Å². The van der Waals surface area contributed by atoms with Gasteiger partial charge >= 0.3 is 0 Å². The molecule has 1 aliphatic heterocycles. The number of hydrogen-bond acceptors (Lipinski definition) is 5. The van der Waals surface area contributed by atoms with Gasteiger partial charge in [0.25, 0.3) is 11.2 Å². The minimum Gasteiger partial charge on any atom is -0.378 e. The number of benzene rings is 1. The van der Waals surface area contributed by atoms with Gasteiger partial charge in [0.05, 0.1) is 23.7 Å². The van der Waals surface area contributed by atoms with Crippen LogP contribution in [0.1, 0.15) is 0 Å². The summed E-state index contributed by atoms with van der Waals surface area (Å²) in [6.45, 7) is 1.90. The molecule has 1 amide bonds. The number of pyridine rings is 1. The highest BCUT2D eigenvalue weighted by Crippen LogP contribution is 2.19. The molecule has 0 aliphatic carbocycles. The van der Waals surface area contributed by atoms with Crippen molar-refractivity contribution in [3.8, 4) is 0 Å². The molecule has 0 radical (unpaired) electrons. The second-order valence-electron chi connectivity index (χ2n) is 5.25. The summed E-state index contributed by atoms with van der Waals surface area (Å²) in [5.41, 5.74) is 0.139. The second-order valence-corrected chi connectivity index (χ2v) is 5.25. The van der Waals surface area contributed by atoms with Crippen molar-refractivity contribution >= 4 is 22.5 Å². The van der Waals surface area contributed by atoms with Gasteiger partial charge < -0.3 is 9.64 Å². The van der Waals surface area contributed by atoms with Crippen molar-refractivity contribution in [2.45, 2.75) is 6.54 Å². The lowest BCUT2D eigenvalue weighted by Gasteiger charge is -2.27. The van der Waals surface area contributed by atoms with Gasteiger partial charge in [-0.25, -0.2) is 0 Å². The fourth-order valence-corrected chi connectivity index (χ4v) is 2.62. The molecule has 1 saturated heterocycles. The fraction of sp³-hybridized carbons (Fsp3) is 0.333. The van der Waals surface area contributed by atoms with Crippen LogP contribution in [0.25, 0.3) is 10.9 Å². The average Bonchev–Trinajstić information content (AvgIpc) is 2.57. The number of non-ortho nitro benzene ring substituents is 1. The van der Waals surface area contributed by atoms with E-state index in [1.165, 1.54) is 34.9 Å². The van der Waals surface area contributed by atoms with E-state index in [9.17, 15) is 19.7 Å². The summed E-state index contributed by atoms with van der Waals surface area (Å²) in [4.78, 5) is 36.5. The zero-order valence-electron chi connectivity index (χ0n) is 12.3. The van der Waals surface area contributed by atoms with Gasteiger partial charge in [0.2, 0.25) is 5.91 Å². The molecule has 0 atom stereocenters. The maximum Gasteiger partial charge on any atom is 0.270 e. The number of nitro groups is 1. The van der Waals surface area contributed by atoms with E-state index in [1.54, 1.807) is 4.90 Å². The third kappa shape index (κ3) is 3.07. The van der Waals surface area contributed by atoms with Crippen LogP contribution in [0.2, 0.25) is 0 Å². The van der Waals surface area contributed by atoms with E-state index in [-0.39, 0.29) is 23.7 Å². The Labute approximate surface area is 131 Å². The molecule has 0 saturated carbocycles. The SMILES string of the molecule is O=C(Cn1c(=O)ccc2cc([N+](=O)[O-])ccc21)N1CCOCC1. The largest absolute Gasteiger partial charge is 0.378 e. The van der Waals surface area contributed by atoms with Gasteiger partial charge in [-0.3, -0.25) is 24.3 Å². The van der Waals surface area contributed by atoms with E-state index in [2.05, 4.69) is 0 Å². The molecule has 0 unspecified atom stereocenters. The van der Waals surface area contributed by atoms with Crippen molar-refractivity contribution in [2.24, 2.45) is 0 Å². The summed E-state index contributed by atoms with van der Waals surface area (Å²) >= 11 is 0. The van der Waals surface area contributed by atoms with E-state index in [0.717, 1.165) is 0 Å². The lowest BCUT2D eigenvalue weighted by atomic mass is 10.2. The number of carbonyl (C=O) groups excluding carboxylic acids is 1. The lowest BCUT2D eigenvalue weighted by molar-refractivity contribution is -0.384. The van der Waals surface area contributed by atoms with Crippen LogP contribution in [0.3, 0.4) is 0 Å². The molecule has 2 heterocycles. The predicted octanol–water partition coefficient (Wildman–Crippen LogP) is 0.768. The number of hydrogen-bond donors (Lipinski definition) is 0. The molecule has 1 aliphatic rings. The van der Waals surface area contributed by atoms with E-state index in [0.29, 0.717) is 37.2 Å². The number of carbonyl (C=O) groups is 1. The molecule has 0 N–H and O–H groups in total. The normalized spacial score (nSPS) is 14.9. The number of ether oxygens (including phenoxy) is 1. The number of aromatic nitrogens is 1. The van der Waals surface area contributed by atoms with E-state index in [4.69, 9.17) is 4.74 Å². The molecule has 8 nitrogen and oxygen atoms in total. The standard InChI is InChI=1S/C15H15N3O5/c19-14-4-1-11-9-12(18(21)22)2-3-13(11)17(14)10-15(20)16-5-7-23-8-6-16/h1-4,9H,5-8,10H2. The zero-order valence-corrected chi connectivity index (χ0v) is 12.3. The molecule has 23 heavy (non-hydrogen) atoms.